The van der Waals surface area contributed by atoms with Crippen molar-refractivity contribution in [1.82, 2.24) is 0 Å². The second-order valence-corrected chi connectivity index (χ2v) is 9.55. The van der Waals surface area contributed by atoms with Gasteiger partial charge in [-0.05, 0) is 99.3 Å². The highest BCUT2D eigenvalue weighted by atomic mass is 16.1. The molecule has 2 aliphatic rings. The van der Waals surface area contributed by atoms with Gasteiger partial charge >= 0.3 is 0 Å². The predicted molar refractivity (Wildman–Crippen MR) is 117 cm³/mol. The topological polar surface area (TPSA) is 17.1 Å². The van der Waals surface area contributed by atoms with Crippen LogP contribution in [0.1, 0.15) is 83.7 Å². The van der Waals surface area contributed by atoms with Crippen molar-refractivity contribution in [3.8, 4) is 0 Å². The predicted octanol–water partition coefficient (Wildman–Crippen LogP) is 6.96. The van der Waals surface area contributed by atoms with Crippen molar-refractivity contribution in [2.75, 3.05) is 0 Å². The summed E-state index contributed by atoms with van der Waals surface area (Å²) >= 11 is 0. The molecular formula is C27H34O. The first kappa shape index (κ1) is 19.4. The van der Waals surface area contributed by atoms with Gasteiger partial charge in [-0.2, -0.15) is 0 Å². The summed E-state index contributed by atoms with van der Waals surface area (Å²) < 4.78 is 0. The van der Waals surface area contributed by atoms with E-state index in [2.05, 4.69) is 64.1 Å². The van der Waals surface area contributed by atoms with E-state index >= 15 is 0 Å². The normalized spacial score (nSPS) is 18.7. The number of hydrogen-bond acceptors (Lipinski definition) is 1. The highest BCUT2D eigenvalue weighted by Gasteiger charge is 2.37. The Morgan fingerprint density at radius 3 is 1.50 bits per heavy atom. The number of ketones is 1. The fraction of sp³-hybridized carbons (Fsp3) is 0.519. The molecular weight excluding hydrogens is 340 g/mol. The van der Waals surface area contributed by atoms with Gasteiger partial charge in [-0.3, -0.25) is 4.79 Å². The summed E-state index contributed by atoms with van der Waals surface area (Å²) in [5.74, 6) is 2.74. The zero-order chi connectivity index (χ0) is 19.8. The Labute approximate surface area is 170 Å². The van der Waals surface area contributed by atoms with E-state index in [1.807, 2.05) is 0 Å². The van der Waals surface area contributed by atoms with Gasteiger partial charge in [0.25, 0.3) is 0 Å². The summed E-state index contributed by atoms with van der Waals surface area (Å²) in [6.45, 7) is 8.74. The molecule has 0 bridgehead atoms. The van der Waals surface area contributed by atoms with Crippen LogP contribution in [-0.2, 0) is 4.79 Å². The summed E-state index contributed by atoms with van der Waals surface area (Å²) in [5.41, 5.74) is 8.16. The minimum atomic E-state index is 0.422. The van der Waals surface area contributed by atoms with Crippen LogP contribution >= 0.6 is 0 Å². The maximum Gasteiger partial charge on any atom is 0.134 e. The number of benzene rings is 2. The lowest BCUT2D eigenvalue weighted by Crippen LogP contribution is -2.15. The molecule has 0 aliphatic heterocycles. The Kier molecular flexibility index (Phi) is 5.45. The molecule has 2 aliphatic carbocycles. The molecule has 2 unspecified atom stereocenters. The first-order valence-corrected chi connectivity index (χ1v) is 11.1. The fourth-order valence-corrected chi connectivity index (χ4v) is 4.95. The van der Waals surface area contributed by atoms with E-state index in [0.717, 1.165) is 12.8 Å². The Bertz CT molecular complexity index is 798. The third-order valence-corrected chi connectivity index (χ3v) is 6.95. The Morgan fingerprint density at radius 1 is 0.750 bits per heavy atom. The minimum absolute atomic E-state index is 0.422. The van der Waals surface area contributed by atoms with Gasteiger partial charge in [0.05, 0.1) is 0 Å². The van der Waals surface area contributed by atoms with Crippen molar-refractivity contribution >= 4 is 5.78 Å². The van der Waals surface area contributed by atoms with Gasteiger partial charge in [-0.15, -0.1) is 0 Å². The third kappa shape index (κ3) is 4.40. The molecule has 2 aromatic carbocycles. The summed E-state index contributed by atoms with van der Waals surface area (Å²) in [5, 5.41) is 0. The summed E-state index contributed by atoms with van der Waals surface area (Å²) in [4.78, 5) is 13.3. The Morgan fingerprint density at radius 2 is 1.14 bits per heavy atom. The average Bonchev–Trinajstić information content (AvgIpc) is 3.55. The second-order valence-electron chi connectivity index (χ2n) is 9.55. The monoisotopic (exact) mass is 374 g/mol. The Balaban J connectivity index is 1.53. The van der Waals surface area contributed by atoms with E-state index in [1.165, 1.54) is 59.1 Å². The molecule has 1 heteroatoms. The van der Waals surface area contributed by atoms with Crippen molar-refractivity contribution in [3.05, 3.63) is 69.8 Å². The van der Waals surface area contributed by atoms with E-state index in [9.17, 15) is 4.79 Å². The summed E-state index contributed by atoms with van der Waals surface area (Å²) in [6, 6.07) is 13.5. The largest absolute Gasteiger partial charge is 0.300 e. The number of carbonyl (C=O) groups excluding carboxylic acids is 1. The molecule has 2 aromatic rings. The van der Waals surface area contributed by atoms with Gasteiger partial charge in [0.15, 0.2) is 0 Å². The third-order valence-electron chi connectivity index (χ3n) is 6.95. The van der Waals surface area contributed by atoms with E-state index in [0.29, 0.717) is 29.5 Å². The molecule has 1 nitrogen and oxygen atoms in total. The van der Waals surface area contributed by atoms with Crippen molar-refractivity contribution in [3.63, 3.8) is 0 Å². The molecule has 28 heavy (non-hydrogen) atoms. The van der Waals surface area contributed by atoms with E-state index in [1.54, 1.807) is 0 Å². The Hall–Kier alpha value is -1.89. The van der Waals surface area contributed by atoms with E-state index < -0.39 is 0 Å². The molecule has 4 rings (SSSR count). The van der Waals surface area contributed by atoms with Crippen molar-refractivity contribution in [1.29, 1.82) is 0 Å². The van der Waals surface area contributed by atoms with Crippen LogP contribution in [0.4, 0.5) is 0 Å². The lowest BCUT2D eigenvalue weighted by Gasteiger charge is -2.23. The first-order chi connectivity index (χ1) is 13.4. The van der Waals surface area contributed by atoms with Crippen molar-refractivity contribution in [2.24, 2.45) is 11.8 Å². The molecule has 0 radical (unpaired) electrons. The standard InChI is InChI=1S/C27H34O/c1-17-5-7-19(3)24(13-17)26(21-9-10-21)15-23(28)16-27(22-11-12-22)25-14-18(2)6-8-20(25)4/h5-8,13-14,21-22,26-27H,9-12,15-16H2,1-4H3. The van der Waals surface area contributed by atoms with Gasteiger partial charge in [0, 0.05) is 12.8 Å². The van der Waals surface area contributed by atoms with Crippen LogP contribution in [0, 0.1) is 39.5 Å². The van der Waals surface area contributed by atoms with E-state index in [-0.39, 0.29) is 0 Å². The fourth-order valence-electron chi connectivity index (χ4n) is 4.95. The van der Waals surface area contributed by atoms with Gasteiger partial charge in [-0.25, -0.2) is 0 Å². The maximum absolute atomic E-state index is 13.3. The first-order valence-electron chi connectivity index (χ1n) is 11.1. The highest BCUT2D eigenvalue weighted by molar-refractivity contribution is 5.80. The van der Waals surface area contributed by atoms with E-state index in [4.69, 9.17) is 0 Å². The summed E-state index contributed by atoms with van der Waals surface area (Å²) in [6.07, 6.45) is 6.59. The molecule has 2 atom stereocenters. The minimum Gasteiger partial charge on any atom is -0.300 e. The second kappa shape index (κ2) is 7.85. The van der Waals surface area contributed by atoms with Crippen LogP contribution in [-0.4, -0.2) is 5.78 Å². The molecule has 0 N–H and O–H groups in total. The van der Waals surface area contributed by atoms with Gasteiger partial charge in [0.2, 0.25) is 0 Å². The number of Topliss-reactive ketones (excluding diaryl/α,β-unsaturated/α-hetero) is 1. The zero-order valence-corrected chi connectivity index (χ0v) is 17.9. The van der Waals surface area contributed by atoms with Crippen LogP contribution in [0.5, 0.6) is 0 Å². The highest BCUT2D eigenvalue weighted by Crippen LogP contribution is 2.48. The molecule has 0 amide bonds. The zero-order valence-electron chi connectivity index (χ0n) is 17.9. The maximum atomic E-state index is 13.3. The van der Waals surface area contributed by atoms with Crippen molar-refractivity contribution in [2.45, 2.75) is 78.1 Å². The SMILES string of the molecule is Cc1ccc(C)c(C(CC(=O)CC(c2cc(C)ccc2C)C2CC2)C2CC2)c1. The molecule has 2 fully saturated rings. The lowest BCUT2D eigenvalue weighted by molar-refractivity contribution is -0.120. The van der Waals surface area contributed by atoms with Crippen LogP contribution in [0.3, 0.4) is 0 Å². The van der Waals surface area contributed by atoms with Crippen LogP contribution < -0.4 is 0 Å². The molecule has 0 heterocycles. The molecule has 2 saturated carbocycles. The summed E-state index contributed by atoms with van der Waals surface area (Å²) in [7, 11) is 0. The molecule has 0 spiro atoms. The lowest BCUT2D eigenvalue weighted by atomic mass is 9.81. The number of carbonyl (C=O) groups is 1. The number of rotatable bonds is 8. The van der Waals surface area contributed by atoms with Crippen LogP contribution in [0.25, 0.3) is 0 Å². The van der Waals surface area contributed by atoms with Gasteiger partial charge < -0.3 is 0 Å². The molecule has 0 saturated heterocycles. The van der Waals surface area contributed by atoms with Gasteiger partial charge in [0.1, 0.15) is 5.78 Å². The van der Waals surface area contributed by atoms with Gasteiger partial charge in [-0.1, -0.05) is 47.5 Å². The van der Waals surface area contributed by atoms with Crippen LogP contribution in [0.15, 0.2) is 36.4 Å². The smallest absolute Gasteiger partial charge is 0.134 e. The molecule has 148 valence electrons. The molecule has 0 aromatic heterocycles. The average molecular weight is 375 g/mol. The number of hydrogen-bond donors (Lipinski definition) is 0. The van der Waals surface area contributed by atoms with Crippen LogP contribution in [0.2, 0.25) is 0 Å². The quantitative estimate of drug-likeness (QED) is 0.488. The van der Waals surface area contributed by atoms with Crippen molar-refractivity contribution < 1.29 is 4.79 Å². The number of aryl methyl sites for hydroxylation is 4.